The second kappa shape index (κ2) is 6.81. The number of hydrogen-bond donors (Lipinski definition) is 0. The molecule has 0 aliphatic carbocycles. The smallest absolute Gasteiger partial charge is 0.244 e. The molecule has 0 amide bonds. The van der Waals surface area contributed by atoms with E-state index in [2.05, 4.69) is 13.8 Å². The van der Waals surface area contributed by atoms with Gasteiger partial charge in [-0.25, -0.2) is 9.13 Å². The molecule has 0 radical (unpaired) electrons. The summed E-state index contributed by atoms with van der Waals surface area (Å²) in [5, 5.41) is 0.393. The van der Waals surface area contributed by atoms with Crippen LogP contribution in [0.5, 0.6) is 0 Å². The lowest BCUT2D eigenvalue weighted by atomic mass is 10.3. The van der Waals surface area contributed by atoms with Crippen LogP contribution in [-0.2, 0) is 24.2 Å². The number of rotatable bonds is 7. The molecule has 0 saturated heterocycles. The van der Waals surface area contributed by atoms with Crippen LogP contribution in [0.1, 0.15) is 39.5 Å². The second-order valence-corrected chi connectivity index (χ2v) is 4.84. The maximum absolute atomic E-state index is 11.0. The van der Waals surface area contributed by atoms with Gasteiger partial charge in [0.05, 0.1) is 13.1 Å². The van der Waals surface area contributed by atoms with Gasteiger partial charge in [0.15, 0.2) is 0 Å². The van der Waals surface area contributed by atoms with Crippen molar-refractivity contribution in [1.82, 2.24) is 4.57 Å². The number of aromatic nitrogens is 2. The normalized spacial score (nSPS) is 12.9. The molecule has 92 valence electrons. The summed E-state index contributed by atoms with van der Waals surface area (Å²) in [5.41, 5.74) is 0. The summed E-state index contributed by atoms with van der Waals surface area (Å²) in [6, 6.07) is 0. The minimum Gasteiger partial charge on any atom is -0.766 e. The van der Waals surface area contributed by atoms with E-state index < -0.39 is 11.1 Å². The van der Waals surface area contributed by atoms with Crippen molar-refractivity contribution in [2.24, 2.45) is 0 Å². The van der Waals surface area contributed by atoms with Gasteiger partial charge in [-0.3, -0.25) is 4.21 Å². The molecule has 1 aromatic rings. The fourth-order valence-electron chi connectivity index (χ4n) is 1.58. The van der Waals surface area contributed by atoms with Crippen LogP contribution in [0.25, 0.3) is 0 Å². The van der Waals surface area contributed by atoms with Crippen LogP contribution in [0, 0.1) is 0 Å². The highest BCUT2D eigenvalue weighted by atomic mass is 32.2. The minimum absolute atomic E-state index is 0.393. The Morgan fingerprint density at radius 2 is 2.06 bits per heavy atom. The Morgan fingerprint density at radius 3 is 2.62 bits per heavy atom. The molecule has 4 nitrogen and oxygen atoms in total. The summed E-state index contributed by atoms with van der Waals surface area (Å²) in [6.07, 6.45) is 7.88. The summed E-state index contributed by atoms with van der Waals surface area (Å²) >= 11 is -2.14. The third-order valence-electron chi connectivity index (χ3n) is 2.54. The first kappa shape index (κ1) is 13.4. The summed E-state index contributed by atoms with van der Waals surface area (Å²) in [5.74, 6) is 0. The molecule has 1 aromatic heterocycles. The number of unbranched alkanes of at least 4 members (excludes halogenated alkanes) is 2. The lowest BCUT2D eigenvalue weighted by Gasteiger charge is -2.02. The zero-order valence-electron chi connectivity index (χ0n) is 10.0. The van der Waals surface area contributed by atoms with Gasteiger partial charge in [0, 0.05) is 11.1 Å². The number of nitrogens with zero attached hydrogens (tertiary/aromatic N) is 2. The Kier molecular flexibility index (Phi) is 5.69. The van der Waals surface area contributed by atoms with Crippen molar-refractivity contribution in [3.05, 3.63) is 12.5 Å². The van der Waals surface area contributed by atoms with E-state index >= 15 is 0 Å². The predicted octanol–water partition coefficient (Wildman–Crippen LogP) is 1.61. The molecule has 1 heterocycles. The van der Waals surface area contributed by atoms with Gasteiger partial charge < -0.3 is 4.55 Å². The van der Waals surface area contributed by atoms with Crippen molar-refractivity contribution in [3.8, 4) is 0 Å². The van der Waals surface area contributed by atoms with E-state index in [-0.39, 0.29) is 0 Å². The van der Waals surface area contributed by atoms with E-state index in [4.69, 9.17) is 0 Å². The maximum Gasteiger partial charge on any atom is 0.244 e. The molecule has 0 bridgehead atoms. The third kappa shape index (κ3) is 3.72. The van der Waals surface area contributed by atoms with E-state index in [1.54, 1.807) is 6.20 Å². The summed E-state index contributed by atoms with van der Waals surface area (Å²) < 4.78 is 25.9. The van der Waals surface area contributed by atoms with Crippen LogP contribution in [0.4, 0.5) is 0 Å². The molecule has 0 N–H and O–H groups in total. The van der Waals surface area contributed by atoms with Gasteiger partial charge in [0.1, 0.15) is 6.20 Å². The first-order chi connectivity index (χ1) is 7.69. The van der Waals surface area contributed by atoms with E-state index in [1.807, 2.05) is 15.5 Å². The van der Waals surface area contributed by atoms with E-state index in [0.29, 0.717) is 5.03 Å². The topological polar surface area (TPSA) is 48.9 Å². The lowest BCUT2D eigenvalue weighted by Crippen LogP contribution is -2.30. The number of hydrogen-bond acceptors (Lipinski definition) is 2. The highest BCUT2D eigenvalue weighted by Crippen LogP contribution is 2.05. The number of aryl methyl sites for hydroxylation is 2. The zero-order valence-corrected chi connectivity index (χ0v) is 10.8. The molecule has 0 aliphatic rings. The molecule has 1 unspecified atom stereocenters. The lowest BCUT2D eigenvalue weighted by molar-refractivity contribution is -0.697. The summed E-state index contributed by atoms with van der Waals surface area (Å²) in [7, 11) is 0. The molecule has 0 saturated carbocycles. The van der Waals surface area contributed by atoms with Crippen molar-refractivity contribution < 1.29 is 13.3 Å². The standard InChI is InChI=1S/C11H20N2O2S/c1-3-5-7-12-9-11(16(14)15)13(10-12)8-6-4-2/h9-10H,3-8H2,1-2H3. The van der Waals surface area contributed by atoms with Crippen molar-refractivity contribution in [1.29, 1.82) is 0 Å². The van der Waals surface area contributed by atoms with Gasteiger partial charge in [0.25, 0.3) is 0 Å². The molecule has 5 heteroatoms. The van der Waals surface area contributed by atoms with E-state index in [1.165, 1.54) is 0 Å². The average Bonchev–Trinajstić information content (AvgIpc) is 2.67. The molecule has 1 rings (SSSR count). The fourth-order valence-corrected chi connectivity index (χ4v) is 2.13. The van der Waals surface area contributed by atoms with Crippen LogP contribution in [0.2, 0.25) is 0 Å². The first-order valence-electron chi connectivity index (χ1n) is 5.87. The average molecular weight is 244 g/mol. The zero-order chi connectivity index (χ0) is 12.0. The Morgan fingerprint density at radius 1 is 1.38 bits per heavy atom. The van der Waals surface area contributed by atoms with Gasteiger partial charge in [0.2, 0.25) is 11.4 Å². The van der Waals surface area contributed by atoms with Gasteiger partial charge in [-0.05, 0) is 12.8 Å². The highest BCUT2D eigenvalue weighted by molar-refractivity contribution is 7.79. The van der Waals surface area contributed by atoms with Gasteiger partial charge in [-0.2, -0.15) is 0 Å². The molecule has 0 aliphatic heterocycles. The Bertz CT molecular complexity index is 350. The molecular weight excluding hydrogens is 224 g/mol. The second-order valence-electron chi connectivity index (χ2n) is 3.96. The van der Waals surface area contributed by atoms with Crippen LogP contribution < -0.4 is 4.57 Å². The quantitative estimate of drug-likeness (QED) is 0.540. The fraction of sp³-hybridized carbons (Fsp3) is 0.727. The van der Waals surface area contributed by atoms with Crippen molar-refractivity contribution >= 4 is 11.1 Å². The summed E-state index contributed by atoms with van der Waals surface area (Å²) in [6.45, 7) is 5.89. The van der Waals surface area contributed by atoms with Crippen molar-refractivity contribution in [3.63, 3.8) is 0 Å². The predicted molar refractivity (Wildman–Crippen MR) is 61.6 cm³/mol. The highest BCUT2D eigenvalue weighted by Gasteiger charge is 2.13. The molecule has 0 aromatic carbocycles. The monoisotopic (exact) mass is 244 g/mol. The van der Waals surface area contributed by atoms with Crippen LogP contribution in [0.15, 0.2) is 17.6 Å². The molecular formula is C11H20N2O2S. The van der Waals surface area contributed by atoms with Gasteiger partial charge in [-0.15, -0.1) is 0 Å². The van der Waals surface area contributed by atoms with Gasteiger partial charge >= 0.3 is 0 Å². The van der Waals surface area contributed by atoms with Crippen LogP contribution >= 0.6 is 0 Å². The number of imidazole rings is 1. The van der Waals surface area contributed by atoms with Gasteiger partial charge in [-0.1, -0.05) is 26.7 Å². The van der Waals surface area contributed by atoms with Crippen LogP contribution in [-0.4, -0.2) is 13.3 Å². The first-order valence-corrected chi connectivity index (χ1v) is 6.95. The van der Waals surface area contributed by atoms with Crippen molar-refractivity contribution in [2.45, 2.75) is 57.6 Å². The third-order valence-corrected chi connectivity index (χ3v) is 3.22. The SMILES string of the molecule is CCCCn1c[n+](CCCC)cc1S(=O)[O-]. The molecule has 16 heavy (non-hydrogen) atoms. The molecule has 0 spiro atoms. The molecule has 1 atom stereocenters. The minimum atomic E-state index is -2.14. The maximum atomic E-state index is 11.0. The Balaban J connectivity index is 2.78. The summed E-state index contributed by atoms with van der Waals surface area (Å²) in [4.78, 5) is 0. The Hall–Kier alpha value is -0.680. The van der Waals surface area contributed by atoms with Crippen LogP contribution in [0.3, 0.4) is 0 Å². The largest absolute Gasteiger partial charge is 0.766 e. The van der Waals surface area contributed by atoms with Crippen molar-refractivity contribution in [2.75, 3.05) is 0 Å². The Labute approximate surface area is 99.6 Å². The van der Waals surface area contributed by atoms with E-state index in [9.17, 15) is 8.76 Å². The molecule has 0 fully saturated rings. The van der Waals surface area contributed by atoms with E-state index in [0.717, 1.165) is 38.8 Å².